The SMILES string of the molecule is Cc1cc(N)c(C(=N)c2ccc(N3CC4(C3)CN(S(C)=O)C4)nc2)cc1OCc1c(Cl)cncc1Cl. The van der Waals surface area contributed by atoms with Crippen molar-refractivity contribution in [1.29, 1.82) is 5.41 Å². The Kier molecular flexibility index (Phi) is 6.67. The summed E-state index contributed by atoms with van der Waals surface area (Å²) in [6, 6.07) is 7.38. The van der Waals surface area contributed by atoms with Crippen molar-refractivity contribution in [3.8, 4) is 5.75 Å². The standard InChI is InChI=1S/C25H26Cl2N6O2S/c1-15-5-21(28)17(6-22(15)35-10-18-19(26)8-30-9-20(18)27)24(29)16-3-4-23(31-7-16)32-11-25(12-32)13-33(14-25)36(2)34/h3-9,29H,10-14,28H2,1-2H3. The van der Waals surface area contributed by atoms with Crippen molar-refractivity contribution in [3.63, 3.8) is 0 Å². The van der Waals surface area contributed by atoms with E-state index in [9.17, 15) is 4.21 Å². The fraction of sp³-hybridized carbons (Fsp3) is 0.320. The van der Waals surface area contributed by atoms with Crippen LogP contribution in [0.3, 0.4) is 0 Å². The van der Waals surface area contributed by atoms with Gasteiger partial charge in [-0.25, -0.2) is 13.5 Å². The predicted octanol–water partition coefficient (Wildman–Crippen LogP) is 4.08. The summed E-state index contributed by atoms with van der Waals surface area (Å²) in [6.07, 6.45) is 6.47. The lowest BCUT2D eigenvalue weighted by Crippen LogP contribution is -2.72. The van der Waals surface area contributed by atoms with Gasteiger partial charge in [0.25, 0.3) is 0 Å². The zero-order chi connectivity index (χ0) is 25.6. The van der Waals surface area contributed by atoms with Gasteiger partial charge in [0.15, 0.2) is 0 Å². The Bertz CT molecular complexity index is 1330. The molecule has 2 aromatic heterocycles. The summed E-state index contributed by atoms with van der Waals surface area (Å²) in [7, 11) is -0.897. The average Bonchev–Trinajstić information content (AvgIpc) is 2.78. The second kappa shape index (κ2) is 9.63. The number of aromatic nitrogens is 2. The third-order valence-electron chi connectivity index (χ3n) is 6.74. The molecule has 0 saturated carbocycles. The lowest BCUT2D eigenvalue weighted by molar-refractivity contribution is 0.0434. The van der Waals surface area contributed by atoms with Crippen LogP contribution in [0.4, 0.5) is 11.5 Å². The van der Waals surface area contributed by atoms with Gasteiger partial charge in [-0.3, -0.25) is 10.4 Å². The highest BCUT2D eigenvalue weighted by Gasteiger charge is 2.53. The second-order valence-electron chi connectivity index (χ2n) is 9.43. The number of rotatable bonds is 7. The van der Waals surface area contributed by atoms with Gasteiger partial charge in [-0.05, 0) is 36.8 Å². The number of benzene rings is 1. The van der Waals surface area contributed by atoms with Crippen LogP contribution >= 0.6 is 23.2 Å². The summed E-state index contributed by atoms with van der Waals surface area (Å²) in [5.41, 5.74) is 9.96. The summed E-state index contributed by atoms with van der Waals surface area (Å²) >= 11 is 12.4. The topological polar surface area (TPSA) is 108 Å². The van der Waals surface area contributed by atoms with Crippen LogP contribution < -0.4 is 15.4 Å². The van der Waals surface area contributed by atoms with E-state index in [1.165, 1.54) is 12.4 Å². The minimum absolute atomic E-state index is 0.164. The monoisotopic (exact) mass is 544 g/mol. The first kappa shape index (κ1) is 25.0. The molecule has 3 aromatic rings. The van der Waals surface area contributed by atoms with Crippen molar-refractivity contribution in [2.45, 2.75) is 13.5 Å². The van der Waals surface area contributed by atoms with Gasteiger partial charge in [0.2, 0.25) is 0 Å². The number of hydrogen-bond acceptors (Lipinski definition) is 7. The van der Waals surface area contributed by atoms with Crippen molar-refractivity contribution in [1.82, 2.24) is 14.3 Å². The summed E-state index contributed by atoms with van der Waals surface area (Å²) < 4.78 is 19.6. The Morgan fingerprint density at radius 3 is 2.47 bits per heavy atom. The summed E-state index contributed by atoms with van der Waals surface area (Å²) in [4.78, 5) is 10.8. The smallest absolute Gasteiger partial charge is 0.128 e. The van der Waals surface area contributed by atoms with Crippen LogP contribution in [0.1, 0.15) is 22.3 Å². The molecule has 0 bridgehead atoms. The van der Waals surface area contributed by atoms with E-state index >= 15 is 0 Å². The van der Waals surface area contributed by atoms with Crippen molar-refractivity contribution in [2.24, 2.45) is 5.41 Å². The van der Waals surface area contributed by atoms with Gasteiger partial charge >= 0.3 is 0 Å². The van der Waals surface area contributed by atoms with Crippen LogP contribution in [0.25, 0.3) is 0 Å². The number of aryl methyl sites for hydroxylation is 1. The lowest BCUT2D eigenvalue weighted by Gasteiger charge is -2.59. The number of ether oxygens (including phenoxy) is 1. The Morgan fingerprint density at radius 2 is 1.86 bits per heavy atom. The largest absolute Gasteiger partial charge is 0.488 e. The van der Waals surface area contributed by atoms with E-state index in [1.54, 1.807) is 24.6 Å². The van der Waals surface area contributed by atoms with E-state index in [0.29, 0.717) is 38.2 Å². The number of halogens is 2. The molecule has 188 valence electrons. The Morgan fingerprint density at radius 1 is 1.17 bits per heavy atom. The first-order chi connectivity index (χ1) is 17.2. The molecule has 8 nitrogen and oxygen atoms in total. The molecule has 0 amide bonds. The summed E-state index contributed by atoms with van der Waals surface area (Å²) in [6.45, 7) is 5.60. The Hall–Kier alpha value is -2.72. The normalized spacial score (nSPS) is 17.4. The summed E-state index contributed by atoms with van der Waals surface area (Å²) in [5.74, 6) is 1.46. The van der Waals surface area contributed by atoms with E-state index in [4.69, 9.17) is 39.1 Å². The quantitative estimate of drug-likeness (QED) is 0.342. The predicted molar refractivity (Wildman–Crippen MR) is 145 cm³/mol. The second-order valence-corrected chi connectivity index (χ2v) is 11.6. The van der Waals surface area contributed by atoms with Crippen LogP contribution in [0, 0.1) is 17.7 Å². The number of nitrogens with two attached hydrogens (primary N) is 1. The zero-order valence-corrected chi connectivity index (χ0v) is 22.3. The van der Waals surface area contributed by atoms with Gasteiger partial charge in [-0.2, -0.15) is 0 Å². The first-order valence-corrected chi connectivity index (χ1v) is 13.6. The van der Waals surface area contributed by atoms with Crippen LogP contribution in [-0.2, 0) is 17.6 Å². The first-order valence-electron chi connectivity index (χ1n) is 11.4. The molecule has 1 unspecified atom stereocenters. The molecular formula is C25H26Cl2N6O2S. The molecule has 1 atom stereocenters. The number of nitrogens with one attached hydrogen (secondary N) is 1. The maximum absolute atomic E-state index is 11.6. The molecule has 36 heavy (non-hydrogen) atoms. The van der Waals surface area contributed by atoms with Crippen molar-refractivity contribution < 1.29 is 8.95 Å². The number of hydrogen-bond donors (Lipinski definition) is 2. The molecule has 5 rings (SSSR count). The molecule has 1 aromatic carbocycles. The highest BCUT2D eigenvalue weighted by Crippen LogP contribution is 2.41. The van der Waals surface area contributed by atoms with Crippen molar-refractivity contribution >= 4 is 51.4 Å². The maximum Gasteiger partial charge on any atom is 0.128 e. The molecule has 2 fully saturated rings. The van der Waals surface area contributed by atoms with Gasteiger partial charge < -0.3 is 15.4 Å². The third-order valence-corrected chi connectivity index (χ3v) is 8.38. The van der Waals surface area contributed by atoms with Gasteiger partial charge in [-0.1, -0.05) is 23.2 Å². The Balaban J connectivity index is 1.27. The number of anilines is 2. The van der Waals surface area contributed by atoms with Crippen molar-refractivity contribution in [3.05, 3.63) is 75.2 Å². The molecule has 3 N–H and O–H groups in total. The van der Waals surface area contributed by atoms with Crippen LogP contribution in [0.2, 0.25) is 10.0 Å². The van der Waals surface area contributed by atoms with Gasteiger partial charge in [0.1, 0.15) is 18.2 Å². The lowest BCUT2D eigenvalue weighted by atomic mass is 9.74. The molecule has 4 heterocycles. The van der Waals surface area contributed by atoms with E-state index in [1.807, 2.05) is 23.4 Å². The number of nitrogen functional groups attached to an aromatic ring is 1. The highest BCUT2D eigenvalue weighted by molar-refractivity contribution is 7.81. The van der Waals surface area contributed by atoms with Crippen LogP contribution in [0.5, 0.6) is 5.75 Å². The minimum atomic E-state index is -0.897. The molecule has 2 aliphatic rings. The highest BCUT2D eigenvalue weighted by atomic mass is 35.5. The minimum Gasteiger partial charge on any atom is -0.488 e. The maximum atomic E-state index is 11.6. The van der Waals surface area contributed by atoms with E-state index in [-0.39, 0.29) is 17.7 Å². The van der Waals surface area contributed by atoms with Crippen molar-refractivity contribution in [2.75, 3.05) is 43.1 Å². The van der Waals surface area contributed by atoms with Crippen LogP contribution in [-0.4, -0.2) is 56.6 Å². The van der Waals surface area contributed by atoms with E-state index < -0.39 is 11.0 Å². The summed E-state index contributed by atoms with van der Waals surface area (Å²) in [5, 5.41) is 9.63. The van der Waals surface area contributed by atoms with E-state index in [2.05, 4.69) is 14.9 Å². The zero-order valence-electron chi connectivity index (χ0n) is 19.9. The van der Waals surface area contributed by atoms with Gasteiger partial charge in [0.05, 0.1) is 26.7 Å². The molecule has 0 radical (unpaired) electrons. The van der Waals surface area contributed by atoms with Gasteiger partial charge in [-0.15, -0.1) is 0 Å². The molecule has 2 aliphatic heterocycles. The molecule has 2 saturated heterocycles. The molecular weight excluding hydrogens is 519 g/mol. The number of nitrogens with zero attached hydrogens (tertiary/aromatic N) is 4. The van der Waals surface area contributed by atoms with Crippen LogP contribution in [0.15, 0.2) is 42.9 Å². The van der Waals surface area contributed by atoms with Gasteiger partial charge in [0, 0.05) is 78.8 Å². The molecule has 1 spiro atoms. The van der Waals surface area contributed by atoms with E-state index in [0.717, 1.165) is 37.6 Å². The molecule has 11 heteroatoms. The fourth-order valence-corrected chi connectivity index (χ4v) is 6.08. The Labute approximate surface area is 222 Å². The molecule has 0 aliphatic carbocycles. The third kappa shape index (κ3) is 4.68. The average molecular weight is 545 g/mol. The fourth-order valence-electron chi connectivity index (χ4n) is 4.69. The number of pyridine rings is 2.